The first-order chi connectivity index (χ1) is 12.7. The second-order valence-electron chi connectivity index (χ2n) is 8.17. The van der Waals surface area contributed by atoms with E-state index in [4.69, 9.17) is 0 Å². The summed E-state index contributed by atoms with van der Waals surface area (Å²) >= 11 is 0. The zero-order chi connectivity index (χ0) is 17.5. The van der Waals surface area contributed by atoms with Gasteiger partial charge in [-0.3, -0.25) is 0 Å². The average Bonchev–Trinajstić information content (AvgIpc) is 2.82. The van der Waals surface area contributed by atoms with Crippen LogP contribution in [-0.4, -0.2) is 13.9 Å². The Morgan fingerprint density at radius 3 is 1.81 bits per heavy atom. The highest BCUT2D eigenvalue weighted by Gasteiger charge is 2.67. The number of rotatable bonds is 1. The van der Waals surface area contributed by atoms with Crippen molar-refractivity contribution in [3.8, 4) is 5.69 Å². The molecule has 1 fully saturated rings. The van der Waals surface area contributed by atoms with Crippen molar-refractivity contribution in [1.29, 1.82) is 0 Å². The standard InChI is InChI=1S/C21H21N3O2/c25-18-22(15-7-3-1-4-8-15)19(26)24-17-10-9-16(23(18)24)20-11-5-2-6-12-21(17,20)14-13-20/h1,3-4,7-10,13-14,16-17H,2,5-6,11-12H2/t16-,17+,20+,21-. The van der Waals surface area contributed by atoms with Crippen molar-refractivity contribution in [2.75, 3.05) is 0 Å². The minimum Gasteiger partial charge on any atom is -0.245 e. The Bertz CT molecular complexity index is 1020. The van der Waals surface area contributed by atoms with Gasteiger partial charge in [0, 0.05) is 10.8 Å². The normalized spacial score (nSPS) is 36.0. The molecule has 0 saturated heterocycles. The fourth-order valence-electron chi connectivity index (χ4n) is 6.13. The van der Waals surface area contributed by atoms with E-state index in [1.807, 2.05) is 30.3 Å². The van der Waals surface area contributed by atoms with Gasteiger partial charge < -0.3 is 0 Å². The maximum absolute atomic E-state index is 13.3. The van der Waals surface area contributed by atoms with Crippen LogP contribution in [-0.2, 0) is 0 Å². The number of hydrogen-bond donors (Lipinski definition) is 0. The van der Waals surface area contributed by atoms with E-state index in [1.165, 1.54) is 23.8 Å². The third kappa shape index (κ3) is 1.38. The largest absolute Gasteiger partial charge is 0.352 e. The summed E-state index contributed by atoms with van der Waals surface area (Å²) in [4.78, 5) is 26.6. The van der Waals surface area contributed by atoms with Gasteiger partial charge >= 0.3 is 11.4 Å². The first kappa shape index (κ1) is 14.6. The Labute approximate surface area is 150 Å². The van der Waals surface area contributed by atoms with Crippen molar-refractivity contribution in [1.82, 2.24) is 13.9 Å². The Kier molecular flexibility index (Phi) is 2.57. The van der Waals surface area contributed by atoms with E-state index in [0.717, 1.165) is 12.8 Å². The molecule has 7 rings (SSSR count). The Balaban J connectivity index is 1.65. The van der Waals surface area contributed by atoms with Crippen LogP contribution in [0.3, 0.4) is 0 Å². The molecule has 26 heavy (non-hydrogen) atoms. The summed E-state index contributed by atoms with van der Waals surface area (Å²) in [6.07, 6.45) is 14.9. The molecule has 3 aliphatic carbocycles. The minimum absolute atomic E-state index is 0.00204. The van der Waals surface area contributed by atoms with Gasteiger partial charge in [-0.2, -0.15) is 0 Å². The second-order valence-corrected chi connectivity index (χ2v) is 8.17. The van der Waals surface area contributed by atoms with Gasteiger partial charge in [-0.25, -0.2) is 23.5 Å². The van der Waals surface area contributed by atoms with Crippen LogP contribution in [0.15, 0.2) is 64.2 Å². The van der Waals surface area contributed by atoms with Gasteiger partial charge in [0.15, 0.2) is 0 Å². The molecule has 5 nitrogen and oxygen atoms in total. The van der Waals surface area contributed by atoms with Crippen molar-refractivity contribution in [2.24, 2.45) is 10.8 Å². The highest BCUT2D eigenvalue weighted by atomic mass is 16.2. The molecular weight excluding hydrogens is 326 g/mol. The highest BCUT2D eigenvalue weighted by molar-refractivity contribution is 5.41. The predicted molar refractivity (Wildman–Crippen MR) is 98.6 cm³/mol. The minimum atomic E-state index is -0.215. The molecule has 1 aromatic carbocycles. The van der Waals surface area contributed by atoms with Crippen LogP contribution in [0, 0.1) is 10.8 Å². The topological polar surface area (TPSA) is 48.9 Å². The molecule has 1 aromatic heterocycles. The summed E-state index contributed by atoms with van der Waals surface area (Å²) in [6, 6.07) is 9.16. The van der Waals surface area contributed by atoms with Crippen molar-refractivity contribution in [3.05, 3.63) is 75.6 Å². The van der Waals surface area contributed by atoms with Crippen LogP contribution >= 0.6 is 0 Å². The summed E-state index contributed by atoms with van der Waals surface area (Å²) in [5, 5.41) is 0. The highest BCUT2D eigenvalue weighted by Crippen LogP contribution is 2.71. The Morgan fingerprint density at radius 1 is 0.769 bits per heavy atom. The van der Waals surface area contributed by atoms with E-state index in [-0.39, 0.29) is 34.3 Å². The lowest BCUT2D eigenvalue weighted by atomic mass is 9.44. The number of hydrogen-bond acceptors (Lipinski definition) is 2. The van der Waals surface area contributed by atoms with Crippen molar-refractivity contribution in [2.45, 2.75) is 44.2 Å². The fourth-order valence-corrected chi connectivity index (χ4v) is 6.13. The summed E-state index contributed by atoms with van der Waals surface area (Å²) in [5.74, 6) is 0. The first-order valence-electron chi connectivity index (χ1n) is 9.60. The van der Waals surface area contributed by atoms with E-state index >= 15 is 0 Å². The molecule has 2 bridgehead atoms. The van der Waals surface area contributed by atoms with Gasteiger partial charge in [0.05, 0.1) is 17.8 Å². The number of para-hydroxylation sites is 1. The summed E-state index contributed by atoms with van der Waals surface area (Å²) in [5.41, 5.74) is 0.220. The second kappa shape index (κ2) is 4.58. The van der Waals surface area contributed by atoms with Crippen LogP contribution in [0.1, 0.15) is 44.2 Å². The molecule has 2 aromatic rings. The van der Waals surface area contributed by atoms with Crippen LogP contribution < -0.4 is 11.4 Å². The molecule has 132 valence electrons. The van der Waals surface area contributed by atoms with Gasteiger partial charge in [-0.05, 0) is 25.0 Å². The molecule has 4 atom stereocenters. The molecule has 5 heteroatoms. The molecule has 0 N–H and O–H groups in total. The maximum atomic E-state index is 13.3. The van der Waals surface area contributed by atoms with Gasteiger partial charge in [0.2, 0.25) is 0 Å². The monoisotopic (exact) mass is 347 g/mol. The van der Waals surface area contributed by atoms with Gasteiger partial charge in [-0.1, -0.05) is 61.8 Å². The third-order valence-corrected chi connectivity index (χ3v) is 7.30. The molecule has 3 heterocycles. The number of nitrogens with zero attached hydrogens (tertiary/aromatic N) is 3. The molecule has 0 amide bonds. The fraction of sp³-hybridized carbons (Fsp3) is 0.429. The first-order valence-corrected chi connectivity index (χ1v) is 9.60. The lowest BCUT2D eigenvalue weighted by Crippen LogP contribution is -2.63. The van der Waals surface area contributed by atoms with Crippen LogP contribution in [0.25, 0.3) is 5.69 Å². The maximum Gasteiger partial charge on any atom is 0.352 e. The number of aromatic nitrogens is 3. The van der Waals surface area contributed by atoms with E-state index in [1.54, 1.807) is 9.36 Å². The van der Waals surface area contributed by atoms with Crippen LogP contribution in [0.2, 0.25) is 0 Å². The molecule has 0 spiro atoms. The SMILES string of the molecule is O=c1n(-c2ccccc2)c(=O)n2n1[C@H]1C=C[C@@H]2[C@]23C=C[C@]12CCCCC3. The quantitative estimate of drug-likeness (QED) is 0.745. The number of allylic oxidation sites excluding steroid dienone is 4. The molecular formula is C21H21N3O2. The zero-order valence-corrected chi connectivity index (χ0v) is 14.5. The van der Waals surface area contributed by atoms with Crippen LogP contribution in [0.5, 0.6) is 0 Å². The average molecular weight is 347 g/mol. The molecule has 2 aliphatic heterocycles. The number of benzene rings is 1. The summed E-state index contributed by atoms with van der Waals surface area (Å²) in [6.45, 7) is 0. The Hall–Kier alpha value is -2.56. The van der Waals surface area contributed by atoms with Crippen molar-refractivity contribution >= 4 is 0 Å². The molecule has 1 saturated carbocycles. The van der Waals surface area contributed by atoms with E-state index in [9.17, 15) is 9.59 Å². The summed E-state index contributed by atoms with van der Waals surface area (Å²) < 4.78 is 4.82. The van der Waals surface area contributed by atoms with Gasteiger partial charge in [-0.15, -0.1) is 0 Å². The molecule has 0 unspecified atom stereocenters. The van der Waals surface area contributed by atoms with Crippen molar-refractivity contribution < 1.29 is 0 Å². The smallest absolute Gasteiger partial charge is 0.245 e. The van der Waals surface area contributed by atoms with E-state index in [0.29, 0.717) is 5.69 Å². The molecule has 0 radical (unpaired) electrons. The Morgan fingerprint density at radius 2 is 1.31 bits per heavy atom. The van der Waals surface area contributed by atoms with E-state index < -0.39 is 0 Å². The lowest BCUT2D eigenvalue weighted by molar-refractivity contribution is -0.0552. The summed E-state index contributed by atoms with van der Waals surface area (Å²) in [7, 11) is 0. The van der Waals surface area contributed by atoms with E-state index in [2.05, 4.69) is 24.3 Å². The zero-order valence-electron chi connectivity index (χ0n) is 14.5. The van der Waals surface area contributed by atoms with Crippen LogP contribution in [0.4, 0.5) is 0 Å². The third-order valence-electron chi connectivity index (χ3n) is 7.30. The predicted octanol–water partition coefficient (Wildman–Crippen LogP) is 2.97. The van der Waals surface area contributed by atoms with Gasteiger partial charge in [0.1, 0.15) is 0 Å². The van der Waals surface area contributed by atoms with Crippen molar-refractivity contribution in [3.63, 3.8) is 0 Å². The lowest BCUT2D eigenvalue weighted by Gasteiger charge is -2.64. The van der Waals surface area contributed by atoms with Gasteiger partial charge in [0.25, 0.3) is 0 Å². The molecule has 5 aliphatic rings.